The first-order valence-electron chi connectivity index (χ1n) is 6.03. The monoisotopic (exact) mass is 315 g/mol. The van der Waals surface area contributed by atoms with Gasteiger partial charge in [0, 0.05) is 12.1 Å². The minimum atomic E-state index is -1.53. The van der Waals surface area contributed by atoms with Crippen molar-refractivity contribution in [3.63, 3.8) is 0 Å². The van der Waals surface area contributed by atoms with Crippen LogP contribution in [0.4, 0.5) is 5.69 Å². The summed E-state index contributed by atoms with van der Waals surface area (Å²) in [7, 11) is 0. The Morgan fingerprint density at radius 3 is 2.52 bits per heavy atom. The van der Waals surface area contributed by atoms with E-state index in [9.17, 15) is 19.7 Å². The quantitative estimate of drug-likeness (QED) is 0.471. The van der Waals surface area contributed by atoms with Gasteiger partial charge in [-0.3, -0.25) is 10.1 Å². The van der Waals surface area contributed by atoms with Crippen molar-refractivity contribution in [1.82, 2.24) is 0 Å². The Kier molecular flexibility index (Phi) is 5.26. The van der Waals surface area contributed by atoms with Crippen LogP contribution in [0.25, 0.3) is 0 Å². The Bertz CT molecular complexity index is 584. The van der Waals surface area contributed by atoms with Crippen LogP contribution >= 0.6 is 11.6 Å². The summed E-state index contributed by atoms with van der Waals surface area (Å²) in [4.78, 5) is 33.7. The summed E-state index contributed by atoms with van der Waals surface area (Å²) in [5, 5.41) is 10.7. The lowest BCUT2D eigenvalue weighted by atomic mass is 10.1. The Morgan fingerprint density at radius 2 is 2.00 bits per heavy atom. The van der Waals surface area contributed by atoms with Crippen molar-refractivity contribution < 1.29 is 24.0 Å². The standard InChI is InChI=1S/C13H14ClNO6/c1-4-20-12(17)13(2,3)21-11(16)9-7-8(15(18)19)5-6-10(9)14/h5-7H,4H2,1-3H3. The predicted octanol–water partition coefficient (Wildman–Crippen LogP) is 2.75. The fraction of sp³-hybridized carbons (Fsp3) is 0.385. The van der Waals surface area contributed by atoms with E-state index in [1.165, 1.54) is 19.9 Å². The lowest BCUT2D eigenvalue weighted by molar-refractivity contribution is -0.384. The highest BCUT2D eigenvalue weighted by Crippen LogP contribution is 2.25. The zero-order valence-electron chi connectivity index (χ0n) is 11.7. The van der Waals surface area contributed by atoms with Gasteiger partial charge < -0.3 is 9.47 Å². The number of carbonyl (C=O) groups excluding carboxylic acids is 2. The lowest BCUT2D eigenvalue weighted by Crippen LogP contribution is -2.38. The van der Waals surface area contributed by atoms with E-state index < -0.39 is 22.5 Å². The number of hydrogen-bond acceptors (Lipinski definition) is 6. The highest BCUT2D eigenvalue weighted by Gasteiger charge is 2.34. The number of ether oxygens (including phenoxy) is 2. The summed E-state index contributed by atoms with van der Waals surface area (Å²) in [5.41, 5.74) is -2.02. The molecule has 1 aromatic carbocycles. The van der Waals surface area contributed by atoms with Gasteiger partial charge in [-0.2, -0.15) is 0 Å². The third kappa shape index (κ3) is 4.16. The normalized spacial score (nSPS) is 10.9. The van der Waals surface area contributed by atoms with Crippen LogP contribution in [0.1, 0.15) is 31.1 Å². The van der Waals surface area contributed by atoms with Gasteiger partial charge in [-0.15, -0.1) is 0 Å². The van der Waals surface area contributed by atoms with Gasteiger partial charge in [-0.25, -0.2) is 9.59 Å². The topological polar surface area (TPSA) is 95.7 Å². The molecule has 1 aromatic rings. The van der Waals surface area contributed by atoms with Crippen LogP contribution in [-0.4, -0.2) is 29.1 Å². The summed E-state index contributed by atoms with van der Waals surface area (Å²) >= 11 is 5.83. The SMILES string of the molecule is CCOC(=O)C(C)(C)OC(=O)c1cc([N+](=O)[O-])ccc1Cl. The Morgan fingerprint density at radius 1 is 1.38 bits per heavy atom. The molecule has 0 aliphatic carbocycles. The summed E-state index contributed by atoms with van der Waals surface area (Å²) in [6, 6.07) is 3.37. The summed E-state index contributed by atoms with van der Waals surface area (Å²) in [6.45, 7) is 4.47. The molecular weight excluding hydrogens is 302 g/mol. The second-order valence-electron chi connectivity index (χ2n) is 4.54. The van der Waals surface area contributed by atoms with Crippen molar-refractivity contribution in [3.05, 3.63) is 38.9 Å². The van der Waals surface area contributed by atoms with E-state index in [2.05, 4.69) is 0 Å². The van der Waals surface area contributed by atoms with Crippen LogP contribution in [0.2, 0.25) is 5.02 Å². The van der Waals surface area contributed by atoms with Crippen LogP contribution in [0.5, 0.6) is 0 Å². The molecule has 0 aromatic heterocycles. The Balaban J connectivity index is 3.01. The number of hydrogen-bond donors (Lipinski definition) is 0. The van der Waals surface area contributed by atoms with E-state index >= 15 is 0 Å². The molecule has 0 saturated heterocycles. The largest absolute Gasteiger partial charge is 0.463 e. The van der Waals surface area contributed by atoms with Crippen LogP contribution in [0, 0.1) is 10.1 Å². The van der Waals surface area contributed by atoms with Crippen molar-refractivity contribution in [1.29, 1.82) is 0 Å². The molecule has 0 bridgehead atoms. The van der Waals surface area contributed by atoms with Gasteiger partial charge in [0.15, 0.2) is 0 Å². The molecule has 0 spiro atoms. The molecule has 0 aliphatic heterocycles. The van der Waals surface area contributed by atoms with Crippen molar-refractivity contribution in [3.8, 4) is 0 Å². The number of esters is 2. The van der Waals surface area contributed by atoms with Crippen LogP contribution < -0.4 is 0 Å². The molecule has 0 N–H and O–H groups in total. The number of rotatable bonds is 5. The lowest BCUT2D eigenvalue weighted by Gasteiger charge is -2.22. The molecule has 0 atom stereocenters. The van der Waals surface area contributed by atoms with Gasteiger partial charge in [0.25, 0.3) is 5.69 Å². The van der Waals surface area contributed by atoms with Gasteiger partial charge in [-0.1, -0.05) is 11.6 Å². The number of nitro groups is 1. The fourth-order valence-corrected chi connectivity index (χ4v) is 1.61. The molecule has 0 amide bonds. The number of carbonyl (C=O) groups is 2. The molecule has 7 nitrogen and oxygen atoms in total. The van der Waals surface area contributed by atoms with Crippen LogP contribution in [0.3, 0.4) is 0 Å². The molecule has 0 heterocycles. The summed E-state index contributed by atoms with van der Waals surface area (Å²) in [5.74, 6) is -1.67. The van der Waals surface area contributed by atoms with E-state index in [0.29, 0.717) is 0 Å². The highest BCUT2D eigenvalue weighted by atomic mass is 35.5. The maximum Gasteiger partial charge on any atom is 0.350 e. The molecule has 0 fully saturated rings. The van der Waals surface area contributed by atoms with Gasteiger partial charge in [0.05, 0.1) is 22.1 Å². The molecule has 0 unspecified atom stereocenters. The minimum absolute atomic E-state index is 0.00902. The average molecular weight is 316 g/mol. The number of non-ortho nitro benzene ring substituents is 1. The van der Waals surface area contributed by atoms with Crippen molar-refractivity contribution in [2.75, 3.05) is 6.61 Å². The predicted molar refractivity (Wildman–Crippen MR) is 74.2 cm³/mol. The number of nitro benzene ring substituents is 1. The summed E-state index contributed by atoms with van der Waals surface area (Å²) in [6.07, 6.45) is 0. The van der Waals surface area contributed by atoms with Gasteiger partial charge in [-0.05, 0) is 26.8 Å². The maximum atomic E-state index is 12.0. The summed E-state index contributed by atoms with van der Waals surface area (Å²) < 4.78 is 9.81. The second kappa shape index (κ2) is 6.53. The van der Waals surface area contributed by atoms with Crippen molar-refractivity contribution in [2.24, 2.45) is 0 Å². The molecule has 0 aliphatic rings. The van der Waals surface area contributed by atoms with E-state index in [-0.39, 0.29) is 22.9 Å². The molecule has 114 valence electrons. The van der Waals surface area contributed by atoms with E-state index in [0.717, 1.165) is 12.1 Å². The number of halogens is 1. The fourth-order valence-electron chi connectivity index (χ4n) is 1.42. The van der Waals surface area contributed by atoms with E-state index in [1.807, 2.05) is 0 Å². The minimum Gasteiger partial charge on any atom is -0.463 e. The van der Waals surface area contributed by atoms with E-state index in [1.54, 1.807) is 6.92 Å². The van der Waals surface area contributed by atoms with Crippen LogP contribution in [-0.2, 0) is 14.3 Å². The number of benzene rings is 1. The number of nitrogens with zero attached hydrogens (tertiary/aromatic N) is 1. The zero-order chi connectivity index (χ0) is 16.2. The first-order valence-corrected chi connectivity index (χ1v) is 6.41. The van der Waals surface area contributed by atoms with Gasteiger partial charge in [0.2, 0.25) is 5.60 Å². The van der Waals surface area contributed by atoms with E-state index in [4.69, 9.17) is 21.1 Å². The first-order chi connectivity index (χ1) is 9.69. The maximum absolute atomic E-state index is 12.0. The molecule has 21 heavy (non-hydrogen) atoms. The van der Waals surface area contributed by atoms with Crippen molar-refractivity contribution in [2.45, 2.75) is 26.4 Å². The molecule has 8 heteroatoms. The van der Waals surface area contributed by atoms with Crippen LogP contribution in [0.15, 0.2) is 18.2 Å². The molecular formula is C13H14ClNO6. The van der Waals surface area contributed by atoms with Gasteiger partial charge in [0.1, 0.15) is 0 Å². The first kappa shape index (κ1) is 16.9. The molecule has 1 rings (SSSR count). The van der Waals surface area contributed by atoms with Gasteiger partial charge >= 0.3 is 11.9 Å². The Hall–Kier alpha value is -2.15. The van der Waals surface area contributed by atoms with Crippen molar-refractivity contribution >= 4 is 29.2 Å². The average Bonchev–Trinajstić information content (AvgIpc) is 2.38. The Labute approximate surface area is 125 Å². The smallest absolute Gasteiger partial charge is 0.350 e. The molecule has 0 saturated carbocycles. The third-order valence-electron chi connectivity index (χ3n) is 2.50. The third-order valence-corrected chi connectivity index (χ3v) is 2.83. The zero-order valence-corrected chi connectivity index (χ0v) is 12.5. The second-order valence-corrected chi connectivity index (χ2v) is 4.95. The highest BCUT2D eigenvalue weighted by molar-refractivity contribution is 6.33. The molecule has 0 radical (unpaired) electrons.